The van der Waals surface area contributed by atoms with E-state index in [0.717, 1.165) is 24.2 Å². The zero-order valence-corrected chi connectivity index (χ0v) is 15.7. The second kappa shape index (κ2) is 7.95. The van der Waals surface area contributed by atoms with Crippen LogP contribution >= 0.6 is 0 Å². The normalized spacial score (nSPS) is 11.6. The lowest BCUT2D eigenvalue weighted by molar-refractivity contribution is 0.0996. The second-order valence-electron chi connectivity index (χ2n) is 6.04. The van der Waals surface area contributed by atoms with Crippen LogP contribution < -0.4 is 20.9 Å². The standard InChI is InChI=1S/C21H23N3O3/c1-4-24(5-2)16-10-9-14-11-18(20(22)25)21(27-19(14)13-16)23-15-7-6-8-17(12-15)26-3/h6-13H,4-5H2,1-3H3,(H2,22,25). The quantitative estimate of drug-likeness (QED) is 0.723. The number of primary amides is 1. The van der Waals surface area contributed by atoms with E-state index in [9.17, 15) is 4.79 Å². The van der Waals surface area contributed by atoms with Gasteiger partial charge in [-0.2, -0.15) is 0 Å². The Bertz CT molecular complexity index is 1040. The van der Waals surface area contributed by atoms with Crippen molar-refractivity contribution in [1.29, 1.82) is 0 Å². The highest BCUT2D eigenvalue weighted by Gasteiger charge is 2.11. The first-order valence-corrected chi connectivity index (χ1v) is 8.87. The van der Waals surface area contributed by atoms with Crippen LogP contribution in [-0.2, 0) is 0 Å². The lowest BCUT2D eigenvalue weighted by Gasteiger charge is -2.21. The summed E-state index contributed by atoms with van der Waals surface area (Å²) in [6.07, 6.45) is 0. The molecule has 140 valence electrons. The zero-order chi connectivity index (χ0) is 19.4. The zero-order valence-electron chi connectivity index (χ0n) is 15.7. The summed E-state index contributed by atoms with van der Waals surface area (Å²) < 4.78 is 11.2. The molecule has 1 aromatic heterocycles. The van der Waals surface area contributed by atoms with E-state index in [4.69, 9.17) is 14.9 Å². The lowest BCUT2D eigenvalue weighted by atomic mass is 10.1. The summed E-state index contributed by atoms with van der Waals surface area (Å²) in [5.41, 5.74) is 8.27. The number of ether oxygens (including phenoxy) is 1. The number of carbonyl (C=O) groups excluding carboxylic acids is 1. The van der Waals surface area contributed by atoms with E-state index >= 15 is 0 Å². The van der Waals surface area contributed by atoms with Crippen molar-refractivity contribution in [2.24, 2.45) is 10.7 Å². The molecule has 1 amide bonds. The number of benzene rings is 2. The summed E-state index contributed by atoms with van der Waals surface area (Å²) in [5.74, 6) is 0.0802. The Kier molecular flexibility index (Phi) is 5.45. The van der Waals surface area contributed by atoms with Crippen molar-refractivity contribution in [2.45, 2.75) is 13.8 Å². The smallest absolute Gasteiger partial charge is 0.254 e. The Balaban J connectivity index is 2.20. The van der Waals surface area contributed by atoms with Gasteiger partial charge >= 0.3 is 0 Å². The molecule has 6 heteroatoms. The van der Waals surface area contributed by atoms with Crippen LogP contribution in [0.15, 0.2) is 57.9 Å². The molecular formula is C21H23N3O3. The van der Waals surface area contributed by atoms with E-state index in [0.29, 0.717) is 17.0 Å². The van der Waals surface area contributed by atoms with E-state index in [-0.39, 0.29) is 11.1 Å². The SMILES string of the molecule is CCN(CC)c1ccc2cc(C(N)=O)c(=Nc3cccc(OC)c3)oc2c1. The first-order valence-electron chi connectivity index (χ1n) is 8.87. The van der Waals surface area contributed by atoms with Crippen LogP contribution in [0.4, 0.5) is 11.4 Å². The van der Waals surface area contributed by atoms with Gasteiger partial charge in [0, 0.05) is 36.3 Å². The van der Waals surface area contributed by atoms with Gasteiger partial charge in [0.2, 0.25) is 5.55 Å². The van der Waals surface area contributed by atoms with Gasteiger partial charge in [-0.05, 0) is 44.2 Å². The number of fused-ring (bicyclic) bond motifs is 1. The minimum Gasteiger partial charge on any atom is -0.497 e. The summed E-state index contributed by atoms with van der Waals surface area (Å²) >= 11 is 0. The van der Waals surface area contributed by atoms with Crippen LogP contribution in [0.1, 0.15) is 24.2 Å². The second-order valence-corrected chi connectivity index (χ2v) is 6.04. The molecule has 0 spiro atoms. The van der Waals surface area contributed by atoms with Crippen molar-refractivity contribution in [2.75, 3.05) is 25.1 Å². The van der Waals surface area contributed by atoms with E-state index in [2.05, 4.69) is 23.7 Å². The minimum absolute atomic E-state index is 0.181. The Morgan fingerprint density at radius 1 is 1.15 bits per heavy atom. The summed E-state index contributed by atoms with van der Waals surface area (Å²) in [7, 11) is 1.59. The fourth-order valence-corrected chi connectivity index (χ4v) is 2.95. The molecule has 0 radical (unpaired) electrons. The van der Waals surface area contributed by atoms with Crippen LogP contribution in [0, 0.1) is 0 Å². The number of nitrogens with zero attached hydrogens (tertiary/aromatic N) is 2. The highest BCUT2D eigenvalue weighted by molar-refractivity contribution is 5.95. The topological polar surface area (TPSA) is 81.1 Å². The number of anilines is 1. The van der Waals surface area contributed by atoms with Gasteiger partial charge in [-0.25, -0.2) is 4.99 Å². The third-order valence-corrected chi connectivity index (χ3v) is 4.41. The Hall–Kier alpha value is -3.28. The van der Waals surface area contributed by atoms with Crippen molar-refractivity contribution in [3.05, 3.63) is 59.6 Å². The molecule has 0 saturated heterocycles. The molecular weight excluding hydrogens is 342 g/mol. The number of rotatable bonds is 6. The average Bonchev–Trinajstić information content (AvgIpc) is 2.68. The lowest BCUT2D eigenvalue weighted by Crippen LogP contribution is -2.22. The van der Waals surface area contributed by atoms with E-state index in [1.807, 2.05) is 30.3 Å². The van der Waals surface area contributed by atoms with Crippen molar-refractivity contribution < 1.29 is 13.9 Å². The molecule has 0 saturated carbocycles. The highest BCUT2D eigenvalue weighted by atomic mass is 16.5. The molecule has 0 aliphatic heterocycles. The number of hydrogen-bond acceptors (Lipinski definition) is 5. The van der Waals surface area contributed by atoms with Crippen LogP contribution in [0.3, 0.4) is 0 Å². The van der Waals surface area contributed by atoms with Crippen LogP contribution in [0.2, 0.25) is 0 Å². The molecule has 0 unspecified atom stereocenters. The maximum atomic E-state index is 11.9. The Morgan fingerprint density at radius 3 is 2.59 bits per heavy atom. The van der Waals surface area contributed by atoms with Gasteiger partial charge in [-0.3, -0.25) is 4.79 Å². The van der Waals surface area contributed by atoms with Gasteiger partial charge in [0.15, 0.2) is 0 Å². The number of carbonyl (C=O) groups is 1. The molecule has 3 aromatic rings. The Morgan fingerprint density at radius 2 is 1.93 bits per heavy atom. The van der Waals surface area contributed by atoms with Crippen molar-refractivity contribution in [1.82, 2.24) is 0 Å². The molecule has 3 rings (SSSR count). The van der Waals surface area contributed by atoms with Gasteiger partial charge in [0.1, 0.15) is 16.9 Å². The minimum atomic E-state index is -0.588. The van der Waals surface area contributed by atoms with Crippen LogP contribution in [0.25, 0.3) is 11.0 Å². The van der Waals surface area contributed by atoms with Crippen molar-refractivity contribution in [3.8, 4) is 5.75 Å². The maximum absolute atomic E-state index is 11.9. The molecule has 27 heavy (non-hydrogen) atoms. The molecule has 0 fully saturated rings. The molecule has 6 nitrogen and oxygen atoms in total. The summed E-state index contributed by atoms with van der Waals surface area (Å²) in [6.45, 7) is 5.99. The number of nitrogens with two attached hydrogens (primary N) is 1. The molecule has 0 bridgehead atoms. The van der Waals surface area contributed by atoms with Gasteiger partial charge in [0.25, 0.3) is 5.91 Å². The van der Waals surface area contributed by atoms with Crippen LogP contribution in [0.5, 0.6) is 5.75 Å². The van der Waals surface area contributed by atoms with Gasteiger partial charge in [-0.1, -0.05) is 6.07 Å². The number of methoxy groups -OCH3 is 1. The van der Waals surface area contributed by atoms with Crippen LogP contribution in [-0.4, -0.2) is 26.1 Å². The maximum Gasteiger partial charge on any atom is 0.254 e. The number of hydrogen-bond donors (Lipinski definition) is 1. The van der Waals surface area contributed by atoms with E-state index < -0.39 is 5.91 Å². The van der Waals surface area contributed by atoms with Crippen molar-refractivity contribution >= 4 is 28.3 Å². The molecule has 2 aromatic carbocycles. The fourth-order valence-electron chi connectivity index (χ4n) is 2.95. The molecule has 0 aliphatic carbocycles. The summed E-state index contributed by atoms with van der Waals surface area (Å²) in [6, 6.07) is 14.8. The van der Waals surface area contributed by atoms with Gasteiger partial charge in [0.05, 0.1) is 12.8 Å². The first kappa shape index (κ1) is 18.5. The predicted octanol–water partition coefficient (Wildman–Crippen LogP) is 3.62. The van der Waals surface area contributed by atoms with Gasteiger partial charge in [-0.15, -0.1) is 0 Å². The Labute approximate surface area is 157 Å². The summed E-state index contributed by atoms with van der Waals surface area (Å²) in [4.78, 5) is 18.6. The van der Waals surface area contributed by atoms with E-state index in [1.165, 1.54) is 0 Å². The van der Waals surface area contributed by atoms with E-state index in [1.54, 1.807) is 25.3 Å². The predicted molar refractivity (Wildman–Crippen MR) is 107 cm³/mol. The van der Waals surface area contributed by atoms with Crippen molar-refractivity contribution in [3.63, 3.8) is 0 Å². The fraction of sp³-hybridized carbons (Fsp3) is 0.238. The molecule has 0 aliphatic rings. The highest BCUT2D eigenvalue weighted by Crippen LogP contribution is 2.23. The first-order chi connectivity index (χ1) is 13.0. The third kappa shape index (κ3) is 3.95. The largest absolute Gasteiger partial charge is 0.497 e. The van der Waals surface area contributed by atoms with Gasteiger partial charge < -0.3 is 19.8 Å². The average molecular weight is 365 g/mol. The summed E-state index contributed by atoms with van der Waals surface area (Å²) in [5, 5.41) is 0.796. The number of amides is 1. The monoisotopic (exact) mass is 365 g/mol. The molecule has 0 atom stereocenters. The third-order valence-electron chi connectivity index (χ3n) is 4.41. The molecule has 2 N–H and O–H groups in total. The molecule has 1 heterocycles.